The van der Waals surface area contributed by atoms with Gasteiger partial charge < -0.3 is 14.2 Å². The van der Waals surface area contributed by atoms with Crippen LogP contribution in [0.1, 0.15) is 290 Å². The van der Waals surface area contributed by atoms with E-state index in [-0.39, 0.29) is 25.2 Å². The van der Waals surface area contributed by atoms with Gasteiger partial charge in [0, 0.05) is 19.4 Å². The molecule has 5 nitrogen and oxygen atoms in total. The van der Waals surface area contributed by atoms with E-state index in [1.807, 2.05) is 0 Å². The molecule has 1 unspecified atom stereocenters. The molecule has 0 aromatic rings. The maximum atomic E-state index is 12.9. The van der Waals surface area contributed by atoms with Crippen molar-refractivity contribution < 1.29 is 23.8 Å². The highest BCUT2D eigenvalue weighted by Gasteiger charge is 2.17. The van der Waals surface area contributed by atoms with E-state index in [2.05, 4.69) is 106 Å². The molecule has 0 bridgehead atoms. The van der Waals surface area contributed by atoms with Gasteiger partial charge in [0.15, 0.2) is 6.10 Å². The van der Waals surface area contributed by atoms with Crippen molar-refractivity contribution in [3.05, 3.63) is 85.1 Å². The number of allylic oxidation sites excluding steroid dienone is 14. The van der Waals surface area contributed by atoms with Crippen LogP contribution in [-0.4, -0.2) is 37.9 Å². The van der Waals surface area contributed by atoms with Gasteiger partial charge in [0.05, 0.1) is 6.61 Å². The Morgan fingerprint density at radius 2 is 0.643 bits per heavy atom. The van der Waals surface area contributed by atoms with Crippen molar-refractivity contribution in [2.75, 3.05) is 19.8 Å². The topological polar surface area (TPSA) is 61.8 Å². The number of ether oxygens (including phenoxy) is 3. The summed E-state index contributed by atoms with van der Waals surface area (Å²) >= 11 is 0. The van der Waals surface area contributed by atoms with E-state index in [9.17, 15) is 9.59 Å². The summed E-state index contributed by atoms with van der Waals surface area (Å²) in [5, 5.41) is 0. The molecule has 70 heavy (non-hydrogen) atoms. The van der Waals surface area contributed by atoms with Crippen molar-refractivity contribution in [2.45, 2.75) is 297 Å². The number of esters is 2. The van der Waals surface area contributed by atoms with Crippen molar-refractivity contribution in [3.63, 3.8) is 0 Å². The predicted octanol–water partition coefficient (Wildman–Crippen LogP) is 20.8. The van der Waals surface area contributed by atoms with Crippen LogP contribution in [0.5, 0.6) is 0 Å². The van der Waals surface area contributed by atoms with Crippen LogP contribution in [0.25, 0.3) is 0 Å². The summed E-state index contributed by atoms with van der Waals surface area (Å²) in [6.45, 7) is 7.67. The van der Waals surface area contributed by atoms with Crippen LogP contribution in [0, 0.1) is 0 Å². The predicted molar refractivity (Wildman–Crippen MR) is 307 cm³/mol. The molecule has 0 saturated carbocycles. The minimum Gasteiger partial charge on any atom is -0.462 e. The lowest BCUT2D eigenvalue weighted by Crippen LogP contribution is -2.30. The second-order valence-corrected chi connectivity index (χ2v) is 19.9. The molecule has 404 valence electrons. The molecule has 0 saturated heterocycles. The molecular formula is C65H114O5. The molecule has 1 atom stereocenters. The van der Waals surface area contributed by atoms with Gasteiger partial charge in [-0.05, 0) is 116 Å². The number of unbranched alkanes of at least 4 members (excludes halogenated alkanes) is 30. The molecule has 0 amide bonds. The van der Waals surface area contributed by atoms with Crippen molar-refractivity contribution in [1.29, 1.82) is 0 Å². The van der Waals surface area contributed by atoms with Gasteiger partial charge in [0.2, 0.25) is 0 Å². The van der Waals surface area contributed by atoms with Gasteiger partial charge in [-0.3, -0.25) is 9.59 Å². The summed E-state index contributed by atoms with van der Waals surface area (Å²) in [7, 11) is 0. The Morgan fingerprint density at radius 3 is 1.07 bits per heavy atom. The van der Waals surface area contributed by atoms with E-state index in [1.165, 1.54) is 173 Å². The zero-order valence-corrected chi connectivity index (χ0v) is 46.5. The van der Waals surface area contributed by atoms with Crippen molar-refractivity contribution in [1.82, 2.24) is 0 Å². The number of hydrogen-bond donors (Lipinski definition) is 0. The first-order chi connectivity index (χ1) is 34.6. The highest BCUT2D eigenvalue weighted by atomic mass is 16.6. The third-order valence-electron chi connectivity index (χ3n) is 12.9. The summed E-state index contributed by atoms with van der Waals surface area (Å²) in [5.41, 5.74) is 0. The van der Waals surface area contributed by atoms with Crippen LogP contribution in [0.15, 0.2) is 85.1 Å². The lowest BCUT2D eigenvalue weighted by Gasteiger charge is -2.18. The summed E-state index contributed by atoms with van der Waals surface area (Å²) in [5.74, 6) is -0.418. The fraction of sp³-hybridized carbons (Fsp3) is 0.754. The second kappa shape index (κ2) is 60.4. The highest BCUT2D eigenvalue weighted by Crippen LogP contribution is 2.15. The van der Waals surface area contributed by atoms with Gasteiger partial charge in [0.25, 0.3) is 0 Å². The van der Waals surface area contributed by atoms with Crippen LogP contribution in [0.2, 0.25) is 0 Å². The fourth-order valence-corrected chi connectivity index (χ4v) is 8.41. The van der Waals surface area contributed by atoms with E-state index in [0.717, 1.165) is 83.5 Å². The van der Waals surface area contributed by atoms with Crippen LogP contribution in [0.3, 0.4) is 0 Å². The molecule has 0 spiro atoms. The zero-order valence-electron chi connectivity index (χ0n) is 46.5. The summed E-state index contributed by atoms with van der Waals surface area (Å²) in [6, 6.07) is 0. The largest absolute Gasteiger partial charge is 0.462 e. The lowest BCUT2D eigenvalue weighted by atomic mass is 10.1. The monoisotopic (exact) mass is 975 g/mol. The summed E-state index contributed by atoms with van der Waals surface area (Å²) in [4.78, 5) is 25.6. The van der Waals surface area contributed by atoms with Gasteiger partial charge in [-0.15, -0.1) is 0 Å². The normalized spacial score (nSPS) is 12.8. The van der Waals surface area contributed by atoms with Gasteiger partial charge in [0.1, 0.15) is 6.61 Å². The molecule has 0 aromatic carbocycles. The molecule has 5 heteroatoms. The molecule has 0 N–H and O–H groups in total. The minimum absolute atomic E-state index is 0.0709. The van der Waals surface area contributed by atoms with E-state index < -0.39 is 6.10 Å². The second-order valence-electron chi connectivity index (χ2n) is 19.9. The quantitative estimate of drug-likeness (QED) is 0.0345. The molecule has 0 aliphatic heterocycles. The lowest BCUT2D eigenvalue weighted by molar-refractivity contribution is -0.163. The van der Waals surface area contributed by atoms with E-state index in [1.54, 1.807) is 0 Å². The first-order valence-corrected chi connectivity index (χ1v) is 30.1. The number of carbonyl (C=O) groups excluding carboxylic acids is 2. The Labute approximate surface area is 435 Å². The summed E-state index contributed by atoms with van der Waals surface area (Å²) < 4.78 is 17.5. The Balaban J connectivity index is 4.30. The molecule has 0 aliphatic rings. The average molecular weight is 976 g/mol. The number of rotatable bonds is 55. The van der Waals surface area contributed by atoms with Crippen LogP contribution >= 0.6 is 0 Å². The van der Waals surface area contributed by atoms with Crippen molar-refractivity contribution in [3.8, 4) is 0 Å². The number of hydrogen-bond acceptors (Lipinski definition) is 5. The van der Waals surface area contributed by atoms with Gasteiger partial charge in [-0.1, -0.05) is 247 Å². The van der Waals surface area contributed by atoms with Gasteiger partial charge in [-0.2, -0.15) is 0 Å². The molecule has 0 rings (SSSR count). The Hall–Kier alpha value is -2.92. The van der Waals surface area contributed by atoms with Gasteiger partial charge in [-0.25, -0.2) is 0 Å². The zero-order chi connectivity index (χ0) is 50.6. The number of carbonyl (C=O) groups is 2. The maximum absolute atomic E-state index is 12.9. The third-order valence-corrected chi connectivity index (χ3v) is 12.9. The average Bonchev–Trinajstić information content (AvgIpc) is 3.36. The van der Waals surface area contributed by atoms with Crippen LogP contribution < -0.4 is 0 Å². The molecule has 0 radical (unpaired) electrons. The van der Waals surface area contributed by atoms with Gasteiger partial charge >= 0.3 is 11.9 Å². The van der Waals surface area contributed by atoms with Crippen molar-refractivity contribution >= 4 is 11.9 Å². The maximum Gasteiger partial charge on any atom is 0.306 e. The molecular weight excluding hydrogens is 861 g/mol. The Morgan fingerprint density at radius 1 is 0.329 bits per heavy atom. The molecule has 0 aromatic heterocycles. The van der Waals surface area contributed by atoms with Crippen LogP contribution in [0.4, 0.5) is 0 Å². The van der Waals surface area contributed by atoms with E-state index in [0.29, 0.717) is 19.4 Å². The SMILES string of the molecule is CC/C=C\C/C=C\C/C=C\CCCCCCCC(=O)OC(COCCCCCCCCC/C=C\C/C=C\C/C=C\CCCCC)COC(=O)CCCCCCCCCCC/C=C\CCCCCCCC. The van der Waals surface area contributed by atoms with E-state index >= 15 is 0 Å². The standard InChI is InChI=1S/C65H114O5/c1-4-7-10-13-16-19-22-25-28-30-32-34-36-39-42-45-48-51-54-57-60-68-61-63(70-65(67)59-56-53-50-47-44-41-37-27-24-21-18-15-12-9-6-3)62-69-64(66)58-55-52-49-46-43-40-38-35-33-31-29-26-23-20-17-14-11-8-5-2/h9,12,16,18-19,21,25-29,32,34,37,63H,4-8,10-11,13-15,17,20,22-24,30-31,33,35-36,38-62H2,1-3H3/b12-9-,19-16-,21-18-,28-25-,29-26-,34-32-,37-27-. The van der Waals surface area contributed by atoms with Crippen molar-refractivity contribution in [2.24, 2.45) is 0 Å². The van der Waals surface area contributed by atoms with Crippen LogP contribution in [-0.2, 0) is 23.8 Å². The minimum atomic E-state index is -0.556. The first kappa shape index (κ1) is 67.1. The summed E-state index contributed by atoms with van der Waals surface area (Å²) in [6.07, 6.45) is 80.4. The Bertz CT molecular complexity index is 1290. The first-order valence-electron chi connectivity index (χ1n) is 30.1. The smallest absolute Gasteiger partial charge is 0.306 e. The molecule has 0 fully saturated rings. The van der Waals surface area contributed by atoms with E-state index in [4.69, 9.17) is 14.2 Å². The molecule has 0 heterocycles. The highest BCUT2D eigenvalue weighted by molar-refractivity contribution is 5.70. The third kappa shape index (κ3) is 57.7. The Kier molecular flexibility index (Phi) is 57.9. The fourth-order valence-electron chi connectivity index (χ4n) is 8.41. The molecule has 0 aliphatic carbocycles.